The molecule has 2 heteroatoms. The summed E-state index contributed by atoms with van der Waals surface area (Å²) in [4.78, 5) is 10.8. The predicted molar refractivity (Wildman–Crippen MR) is 69.9 cm³/mol. The fourth-order valence-electron chi connectivity index (χ4n) is 2.00. The number of aryl methyl sites for hydroxylation is 1. The molecule has 0 heterocycles. The summed E-state index contributed by atoms with van der Waals surface area (Å²) in [6, 6.07) is 10.3. The second-order valence-corrected chi connectivity index (χ2v) is 4.31. The number of rotatable bonds is 7. The van der Waals surface area contributed by atoms with Gasteiger partial charge in [-0.2, -0.15) is 0 Å². The third-order valence-corrected chi connectivity index (χ3v) is 3.12. The molecule has 0 aliphatic heterocycles. The van der Waals surface area contributed by atoms with Crippen molar-refractivity contribution in [3.05, 3.63) is 48.0 Å². The number of hydrogen-bond donors (Lipinski definition) is 1. The lowest BCUT2D eigenvalue weighted by Gasteiger charge is -2.14. The average Bonchev–Trinajstić information content (AvgIpc) is 2.35. The average molecular weight is 232 g/mol. The third-order valence-electron chi connectivity index (χ3n) is 3.12. The Balaban J connectivity index is 2.39. The molecule has 17 heavy (non-hydrogen) atoms. The molecule has 0 aromatic heterocycles. The van der Waals surface area contributed by atoms with Crippen molar-refractivity contribution in [1.82, 2.24) is 0 Å². The van der Waals surface area contributed by atoms with E-state index >= 15 is 0 Å². The lowest BCUT2D eigenvalue weighted by Crippen LogP contribution is -2.11. The van der Waals surface area contributed by atoms with Crippen LogP contribution < -0.4 is 0 Å². The molecule has 0 radical (unpaired) electrons. The van der Waals surface area contributed by atoms with Crippen LogP contribution in [0.4, 0.5) is 0 Å². The molecule has 1 atom stereocenters. The molecule has 0 aliphatic rings. The van der Waals surface area contributed by atoms with E-state index in [1.807, 2.05) is 25.1 Å². The first-order valence-electron chi connectivity index (χ1n) is 6.11. The Kier molecular flexibility index (Phi) is 5.47. The highest BCUT2D eigenvalue weighted by atomic mass is 16.4. The quantitative estimate of drug-likeness (QED) is 0.728. The van der Waals surface area contributed by atoms with E-state index in [2.05, 4.69) is 18.7 Å². The normalized spacial score (nSPS) is 12.1. The van der Waals surface area contributed by atoms with Crippen LogP contribution in [0.5, 0.6) is 0 Å². The van der Waals surface area contributed by atoms with Gasteiger partial charge in [-0.1, -0.05) is 43.8 Å². The summed E-state index contributed by atoms with van der Waals surface area (Å²) in [5.41, 5.74) is 1.66. The molecule has 0 saturated carbocycles. The minimum atomic E-state index is -0.864. The lowest BCUT2D eigenvalue weighted by atomic mass is 9.91. The molecular formula is C15H20O2. The van der Waals surface area contributed by atoms with Crippen molar-refractivity contribution in [3.8, 4) is 0 Å². The second kappa shape index (κ2) is 6.89. The van der Waals surface area contributed by atoms with Gasteiger partial charge in [0.1, 0.15) is 0 Å². The Morgan fingerprint density at radius 3 is 2.53 bits per heavy atom. The Morgan fingerprint density at radius 2 is 2.00 bits per heavy atom. The van der Waals surface area contributed by atoms with E-state index in [1.54, 1.807) is 0 Å². The largest absolute Gasteiger partial charge is 0.478 e. The van der Waals surface area contributed by atoms with E-state index in [-0.39, 0.29) is 5.92 Å². The molecule has 1 aromatic rings. The molecule has 0 bridgehead atoms. The smallest absolute Gasteiger partial charge is 0.331 e. The first kappa shape index (κ1) is 13.5. The maximum absolute atomic E-state index is 10.8. The third kappa shape index (κ3) is 4.43. The van der Waals surface area contributed by atoms with Crippen molar-refractivity contribution in [2.75, 3.05) is 0 Å². The zero-order valence-electron chi connectivity index (χ0n) is 10.4. The van der Waals surface area contributed by atoms with Crippen molar-refractivity contribution in [3.63, 3.8) is 0 Å². The van der Waals surface area contributed by atoms with Gasteiger partial charge in [0.25, 0.3) is 0 Å². The van der Waals surface area contributed by atoms with E-state index in [4.69, 9.17) is 5.11 Å². The Morgan fingerprint density at radius 1 is 1.35 bits per heavy atom. The number of carbonyl (C=O) groups is 1. The van der Waals surface area contributed by atoms with Crippen LogP contribution in [0.3, 0.4) is 0 Å². The number of carboxylic acid groups (broad SMARTS) is 1. The zero-order valence-corrected chi connectivity index (χ0v) is 10.4. The van der Waals surface area contributed by atoms with E-state index in [1.165, 1.54) is 5.56 Å². The minimum Gasteiger partial charge on any atom is -0.478 e. The highest BCUT2D eigenvalue weighted by molar-refractivity contribution is 5.86. The van der Waals surface area contributed by atoms with Gasteiger partial charge in [-0.25, -0.2) is 4.79 Å². The van der Waals surface area contributed by atoms with Gasteiger partial charge in [0.15, 0.2) is 0 Å². The van der Waals surface area contributed by atoms with E-state index < -0.39 is 5.97 Å². The maximum atomic E-state index is 10.8. The summed E-state index contributed by atoms with van der Waals surface area (Å²) in [5, 5.41) is 8.90. The summed E-state index contributed by atoms with van der Waals surface area (Å²) < 4.78 is 0. The van der Waals surface area contributed by atoms with Crippen molar-refractivity contribution in [2.24, 2.45) is 5.92 Å². The first-order valence-corrected chi connectivity index (χ1v) is 6.11. The summed E-state index contributed by atoms with van der Waals surface area (Å²) in [5.74, 6) is -0.757. The maximum Gasteiger partial charge on any atom is 0.331 e. The zero-order chi connectivity index (χ0) is 12.7. The highest BCUT2D eigenvalue weighted by Gasteiger charge is 2.15. The summed E-state index contributed by atoms with van der Waals surface area (Å²) in [7, 11) is 0. The second-order valence-electron chi connectivity index (χ2n) is 4.31. The van der Waals surface area contributed by atoms with Crippen LogP contribution in [-0.4, -0.2) is 11.1 Å². The van der Waals surface area contributed by atoms with Crippen LogP contribution in [0.15, 0.2) is 42.5 Å². The number of benzene rings is 1. The number of hydrogen-bond acceptors (Lipinski definition) is 1. The van der Waals surface area contributed by atoms with Gasteiger partial charge in [0.05, 0.1) is 0 Å². The number of carboxylic acids is 1. The molecule has 0 spiro atoms. The van der Waals surface area contributed by atoms with Crippen LogP contribution in [0, 0.1) is 5.92 Å². The van der Waals surface area contributed by atoms with E-state index in [0.717, 1.165) is 25.7 Å². The van der Waals surface area contributed by atoms with Crippen LogP contribution in [0.25, 0.3) is 0 Å². The first-order chi connectivity index (χ1) is 8.15. The molecule has 0 fully saturated rings. The molecule has 1 unspecified atom stereocenters. The van der Waals surface area contributed by atoms with Crippen LogP contribution in [0.1, 0.15) is 31.7 Å². The van der Waals surface area contributed by atoms with Crippen LogP contribution >= 0.6 is 0 Å². The monoisotopic (exact) mass is 232 g/mol. The van der Waals surface area contributed by atoms with Crippen molar-refractivity contribution in [1.29, 1.82) is 0 Å². The molecule has 1 rings (SSSR count). The van der Waals surface area contributed by atoms with Crippen LogP contribution in [0.2, 0.25) is 0 Å². The van der Waals surface area contributed by atoms with Gasteiger partial charge >= 0.3 is 5.97 Å². The van der Waals surface area contributed by atoms with Gasteiger partial charge in [-0.3, -0.25) is 0 Å². The standard InChI is InChI=1S/C15H20O2/c1-3-14(12(2)15(16)17)11-7-10-13-8-5-4-6-9-13/h4-6,8-9,14H,2-3,7,10-11H2,1H3,(H,16,17). The Bertz CT molecular complexity index is 368. The highest BCUT2D eigenvalue weighted by Crippen LogP contribution is 2.20. The van der Waals surface area contributed by atoms with E-state index in [9.17, 15) is 4.79 Å². The molecule has 1 N–H and O–H groups in total. The molecular weight excluding hydrogens is 212 g/mol. The molecule has 0 saturated heterocycles. The molecule has 1 aromatic carbocycles. The van der Waals surface area contributed by atoms with Crippen LogP contribution in [-0.2, 0) is 11.2 Å². The fraction of sp³-hybridized carbons (Fsp3) is 0.400. The summed E-state index contributed by atoms with van der Waals surface area (Å²) in [6.45, 7) is 5.67. The molecule has 2 nitrogen and oxygen atoms in total. The molecule has 0 aliphatic carbocycles. The van der Waals surface area contributed by atoms with Crippen molar-refractivity contribution in [2.45, 2.75) is 32.6 Å². The minimum absolute atomic E-state index is 0.108. The summed E-state index contributed by atoms with van der Waals surface area (Å²) in [6.07, 6.45) is 3.76. The molecule has 92 valence electrons. The Labute approximate surface area is 103 Å². The van der Waals surface area contributed by atoms with Gasteiger partial charge in [0.2, 0.25) is 0 Å². The van der Waals surface area contributed by atoms with Gasteiger partial charge < -0.3 is 5.11 Å². The fourth-order valence-corrected chi connectivity index (χ4v) is 2.00. The van der Waals surface area contributed by atoms with Gasteiger partial charge in [-0.05, 0) is 37.2 Å². The van der Waals surface area contributed by atoms with Crippen molar-refractivity contribution < 1.29 is 9.90 Å². The SMILES string of the molecule is C=C(C(=O)O)C(CC)CCCc1ccccc1. The predicted octanol–water partition coefficient (Wildman–Crippen LogP) is 3.68. The topological polar surface area (TPSA) is 37.3 Å². The van der Waals surface area contributed by atoms with Gasteiger partial charge in [0, 0.05) is 5.57 Å². The Hall–Kier alpha value is -1.57. The van der Waals surface area contributed by atoms with Crippen molar-refractivity contribution >= 4 is 5.97 Å². The molecule has 0 amide bonds. The summed E-state index contributed by atoms with van der Waals surface area (Å²) >= 11 is 0. The number of aliphatic carboxylic acids is 1. The van der Waals surface area contributed by atoms with Gasteiger partial charge in [-0.15, -0.1) is 0 Å². The van der Waals surface area contributed by atoms with E-state index in [0.29, 0.717) is 5.57 Å². The lowest BCUT2D eigenvalue weighted by molar-refractivity contribution is -0.133.